The van der Waals surface area contributed by atoms with Gasteiger partial charge in [0.25, 0.3) is 11.1 Å². The van der Waals surface area contributed by atoms with E-state index in [4.69, 9.17) is 0 Å². The van der Waals surface area contributed by atoms with Gasteiger partial charge in [0.1, 0.15) is 6.54 Å². The van der Waals surface area contributed by atoms with E-state index in [9.17, 15) is 14.4 Å². The van der Waals surface area contributed by atoms with E-state index < -0.39 is 11.1 Å². The van der Waals surface area contributed by atoms with Crippen LogP contribution in [0.3, 0.4) is 0 Å². The van der Waals surface area contributed by atoms with Gasteiger partial charge in [0.05, 0.1) is 4.91 Å². The third kappa shape index (κ3) is 5.13. The Hall–Kier alpha value is -3.78. The first-order valence-corrected chi connectivity index (χ1v) is 13.6. The molecule has 196 valence electrons. The molecule has 2 aromatic carbocycles. The number of rotatable bonds is 5. The summed E-state index contributed by atoms with van der Waals surface area (Å²) in [6, 6.07) is 18.5. The predicted octanol–water partition coefficient (Wildman–Crippen LogP) is 5.10. The lowest BCUT2D eigenvalue weighted by molar-refractivity contribution is -0.136. The van der Waals surface area contributed by atoms with Crippen molar-refractivity contribution in [1.82, 2.24) is 14.4 Å². The van der Waals surface area contributed by atoms with Gasteiger partial charge in [-0.25, -0.2) is 0 Å². The van der Waals surface area contributed by atoms with Crippen LogP contribution < -0.4 is 4.90 Å². The van der Waals surface area contributed by atoms with E-state index in [0.717, 1.165) is 45.0 Å². The number of anilines is 1. The van der Waals surface area contributed by atoms with E-state index in [2.05, 4.69) is 53.6 Å². The van der Waals surface area contributed by atoms with Crippen LogP contribution in [-0.2, 0) is 9.59 Å². The summed E-state index contributed by atoms with van der Waals surface area (Å²) in [6.45, 7) is 10.5. The van der Waals surface area contributed by atoms with Crippen molar-refractivity contribution in [2.45, 2.75) is 27.7 Å². The number of nitrogens with zero attached hydrogens (tertiary/aromatic N) is 4. The van der Waals surface area contributed by atoms with Gasteiger partial charge < -0.3 is 14.4 Å². The molecule has 0 N–H and O–H groups in total. The van der Waals surface area contributed by atoms with E-state index in [1.807, 2.05) is 38.1 Å². The second-order valence-electron chi connectivity index (χ2n) is 9.98. The maximum Gasteiger partial charge on any atom is 0.294 e. The lowest BCUT2D eigenvalue weighted by atomic mass is 10.1. The molecule has 0 radical (unpaired) electrons. The molecule has 3 heterocycles. The van der Waals surface area contributed by atoms with Crippen molar-refractivity contribution in [1.29, 1.82) is 0 Å². The van der Waals surface area contributed by atoms with Gasteiger partial charge in [0.15, 0.2) is 0 Å². The number of aromatic nitrogens is 1. The molecule has 2 aliphatic heterocycles. The second-order valence-corrected chi connectivity index (χ2v) is 11.0. The van der Waals surface area contributed by atoms with Crippen LogP contribution in [0.15, 0.2) is 59.5 Å². The second kappa shape index (κ2) is 10.5. The van der Waals surface area contributed by atoms with Crippen molar-refractivity contribution in [2.24, 2.45) is 0 Å². The van der Waals surface area contributed by atoms with Gasteiger partial charge >= 0.3 is 0 Å². The molecule has 2 aliphatic rings. The number of para-hydroxylation sites is 1. The van der Waals surface area contributed by atoms with E-state index in [0.29, 0.717) is 31.1 Å². The van der Waals surface area contributed by atoms with Crippen LogP contribution in [0.25, 0.3) is 11.8 Å². The summed E-state index contributed by atoms with van der Waals surface area (Å²) >= 11 is 0.898. The number of amides is 3. The topological polar surface area (TPSA) is 65.9 Å². The molecule has 38 heavy (non-hydrogen) atoms. The Morgan fingerprint density at radius 2 is 1.53 bits per heavy atom. The molecule has 0 unspecified atom stereocenters. The van der Waals surface area contributed by atoms with Crippen LogP contribution in [0.4, 0.5) is 10.5 Å². The molecule has 7 nitrogen and oxygen atoms in total. The number of imide groups is 1. The van der Waals surface area contributed by atoms with Crippen molar-refractivity contribution in [2.75, 3.05) is 37.6 Å². The van der Waals surface area contributed by atoms with Gasteiger partial charge in [-0.15, -0.1) is 0 Å². The van der Waals surface area contributed by atoms with Crippen LogP contribution in [-0.4, -0.2) is 64.1 Å². The fraction of sp³-hybridized carbons (Fsp3) is 0.300. The minimum atomic E-state index is -0.410. The number of hydrogen-bond acceptors (Lipinski definition) is 5. The van der Waals surface area contributed by atoms with Crippen LogP contribution in [0.5, 0.6) is 0 Å². The maximum absolute atomic E-state index is 13.2. The maximum atomic E-state index is 13.2. The van der Waals surface area contributed by atoms with E-state index in [-0.39, 0.29) is 12.5 Å². The number of benzene rings is 2. The van der Waals surface area contributed by atoms with Gasteiger partial charge in [-0.1, -0.05) is 24.3 Å². The first-order chi connectivity index (χ1) is 18.2. The number of hydrogen-bond donors (Lipinski definition) is 0. The molecule has 3 aromatic rings. The zero-order valence-electron chi connectivity index (χ0n) is 22.2. The first kappa shape index (κ1) is 25.9. The van der Waals surface area contributed by atoms with Crippen LogP contribution in [0, 0.1) is 27.7 Å². The van der Waals surface area contributed by atoms with Crippen molar-refractivity contribution in [3.05, 3.63) is 87.6 Å². The lowest BCUT2D eigenvalue weighted by Gasteiger charge is -2.36. The third-order valence-corrected chi connectivity index (χ3v) is 8.05. The summed E-state index contributed by atoms with van der Waals surface area (Å²) in [5.74, 6) is -0.610. The molecular weight excluding hydrogens is 496 g/mol. The summed E-state index contributed by atoms with van der Waals surface area (Å²) in [5.41, 5.74) is 7.49. The summed E-state index contributed by atoms with van der Waals surface area (Å²) in [7, 11) is 0. The van der Waals surface area contributed by atoms with Gasteiger partial charge in [-0.05, 0) is 92.6 Å². The average Bonchev–Trinajstić information content (AvgIpc) is 3.32. The molecule has 0 aliphatic carbocycles. The highest BCUT2D eigenvalue weighted by Crippen LogP contribution is 2.34. The average molecular weight is 529 g/mol. The number of carbonyl (C=O) groups is 3. The van der Waals surface area contributed by atoms with Crippen LogP contribution >= 0.6 is 11.8 Å². The van der Waals surface area contributed by atoms with Gasteiger partial charge in [-0.2, -0.15) is 0 Å². The molecular formula is C30H32N4O3S. The molecule has 2 fully saturated rings. The highest BCUT2D eigenvalue weighted by Gasteiger charge is 2.37. The molecule has 8 heteroatoms. The number of thioether (sulfide) groups is 1. The summed E-state index contributed by atoms with van der Waals surface area (Å²) in [6.07, 6.45) is 1.77. The number of piperazine rings is 1. The van der Waals surface area contributed by atoms with Gasteiger partial charge in [-0.3, -0.25) is 19.3 Å². The predicted molar refractivity (Wildman–Crippen MR) is 153 cm³/mol. The van der Waals surface area contributed by atoms with E-state index >= 15 is 0 Å². The Bertz CT molecular complexity index is 1410. The van der Waals surface area contributed by atoms with E-state index in [1.165, 1.54) is 11.1 Å². The van der Waals surface area contributed by atoms with Crippen molar-refractivity contribution in [3.8, 4) is 5.69 Å². The lowest BCUT2D eigenvalue weighted by Crippen LogP contribution is -2.51. The summed E-state index contributed by atoms with van der Waals surface area (Å²) < 4.78 is 2.16. The largest absolute Gasteiger partial charge is 0.368 e. The standard InChI is InChI=1S/C30H32N4O3S/c1-20-14-21(2)16-26(15-20)34-22(3)17-24(23(34)4)18-27-29(36)33(30(37)38-27)19-28(35)32-12-10-31(11-13-32)25-8-6-5-7-9-25/h5-9,14-18H,10-13,19H2,1-4H3/b27-18+. The van der Waals surface area contributed by atoms with Crippen molar-refractivity contribution >= 4 is 40.6 Å². The highest BCUT2D eigenvalue weighted by atomic mass is 32.2. The van der Waals surface area contributed by atoms with Crippen molar-refractivity contribution in [3.63, 3.8) is 0 Å². The molecule has 2 saturated heterocycles. The fourth-order valence-corrected chi connectivity index (χ4v) is 6.11. The fourth-order valence-electron chi connectivity index (χ4n) is 5.28. The SMILES string of the molecule is Cc1cc(C)cc(-n2c(C)cc(/C=C3/SC(=O)N(CC(=O)N4CCN(c5ccccc5)CC4)C3=O)c2C)c1. The summed E-state index contributed by atoms with van der Waals surface area (Å²) in [4.78, 5) is 44.3. The first-order valence-electron chi connectivity index (χ1n) is 12.8. The third-order valence-electron chi connectivity index (χ3n) is 7.14. The Labute approximate surface area is 227 Å². The molecule has 0 spiro atoms. The zero-order chi connectivity index (χ0) is 27.0. The quantitative estimate of drug-likeness (QED) is 0.432. The smallest absolute Gasteiger partial charge is 0.294 e. The van der Waals surface area contributed by atoms with Gasteiger partial charge in [0, 0.05) is 48.9 Å². The Morgan fingerprint density at radius 3 is 2.18 bits per heavy atom. The van der Waals surface area contributed by atoms with Crippen LogP contribution in [0.2, 0.25) is 0 Å². The molecule has 1 aromatic heterocycles. The van der Waals surface area contributed by atoms with Crippen LogP contribution in [0.1, 0.15) is 28.1 Å². The highest BCUT2D eigenvalue weighted by molar-refractivity contribution is 8.18. The number of carbonyl (C=O) groups excluding carboxylic acids is 3. The van der Waals surface area contributed by atoms with E-state index in [1.54, 1.807) is 11.0 Å². The molecule has 0 bridgehead atoms. The molecule has 5 rings (SSSR count). The summed E-state index contributed by atoms with van der Waals surface area (Å²) in [5, 5.41) is -0.402. The monoisotopic (exact) mass is 528 g/mol. The normalized spacial score (nSPS) is 17.2. The van der Waals surface area contributed by atoms with Gasteiger partial charge in [0.2, 0.25) is 5.91 Å². The zero-order valence-corrected chi connectivity index (χ0v) is 23.0. The number of aryl methyl sites for hydroxylation is 3. The molecule has 3 amide bonds. The molecule has 0 atom stereocenters. The Kier molecular flexibility index (Phi) is 7.17. The Morgan fingerprint density at radius 1 is 0.868 bits per heavy atom. The van der Waals surface area contributed by atoms with Crippen molar-refractivity contribution < 1.29 is 14.4 Å². The minimum Gasteiger partial charge on any atom is -0.368 e. The minimum absolute atomic E-state index is 0.200. The molecule has 0 saturated carbocycles. The Balaban J connectivity index is 1.27.